The van der Waals surface area contributed by atoms with Crippen LogP contribution in [0.2, 0.25) is 5.02 Å². The smallest absolute Gasteiger partial charge is 0.262 e. The molecule has 0 spiro atoms. The van der Waals surface area contributed by atoms with Gasteiger partial charge in [0.2, 0.25) is 0 Å². The number of hydrogen-bond acceptors (Lipinski definition) is 4. The molecule has 4 nitrogen and oxygen atoms in total. The summed E-state index contributed by atoms with van der Waals surface area (Å²) in [5.74, 6) is 1.51. The van der Waals surface area contributed by atoms with Crippen LogP contribution in [-0.2, 0) is 12.3 Å². The van der Waals surface area contributed by atoms with Crippen molar-refractivity contribution in [2.45, 2.75) is 17.5 Å². The average Bonchev–Trinajstić information content (AvgIpc) is 2.76. The van der Waals surface area contributed by atoms with Crippen LogP contribution in [-0.4, -0.2) is 16.7 Å². The van der Waals surface area contributed by atoms with Gasteiger partial charge in [-0.25, -0.2) is 4.98 Å². The third-order valence-electron chi connectivity index (χ3n) is 4.64. The lowest BCUT2D eigenvalue weighted by Crippen LogP contribution is -2.24. The van der Waals surface area contributed by atoms with Crippen LogP contribution in [0, 0.1) is 0 Å². The van der Waals surface area contributed by atoms with E-state index in [1.165, 1.54) is 11.8 Å². The fourth-order valence-corrected chi connectivity index (χ4v) is 4.21. The lowest BCUT2D eigenvalue weighted by molar-refractivity contribution is 0.414. The molecule has 29 heavy (non-hydrogen) atoms. The minimum Gasteiger partial charge on any atom is -0.497 e. The molecular weight excluding hydrogens is 404 g/mol. The lowest BCUT2D eigenvalue weighted by atomic mass is 10.2. The molecule has 146 valence electrons. The summed E-state index contributed by atoms with van der Waals surface area (Å²) in [7, 11) is 1.65. The number of rotatable bonds is 6. The third-order valence-corrected chi connectivity index (χ3v) is 6.06. The van der Waals surface area contributed by atoms with Crippen molar-refractivity contribution < 1.29 is 4.74 Å². The fourth-order valence-electron chi connectivity index (χ4n) is 3.06. The van der Waals surface area contributed by atoms with E-state index in [9.17, 15) is 4.79 Å². The number of benzene rings is 3. The first-order valence-electron chi connectivity index (χ1n) is 9.14. The number of hydrogen-bond donors (Lipinski definition) is 0. The third kappa shape index (κ3) is 4.31. The number of fused-ring (bicyclic) bond motifs is 1. The molecule has 3 aromatic carbocycles. The SMILES string of the molecule is COc1ccc(CSc2nc3ccccc3c(=O)n2Cc2ccccc2Cl)cc1. The highest BCUT2D eigenvalue weighted by Gasteiger charge is 2.13. The van der Waals surface area contributed by atoms with E-state index in [1.54, 1.807) is 11.7 Å². The van der Waals surface area contributed by atoms with Crippen molar-refractivity contribution in [3.05, 3.63) is 99.3 Å². The number of thioether (sulfide) groups is 1. The number of nitrogens with zero attached hydrogens (tertiary/aromatic N) is 2. The van der Waals surface area contributed by atoms with E-state index in [1.807, 2.05) is 72.8 Å². The molecule has 1 aromatic heterocycles. The number of halogens is 1. The summed E-state index contributed by atoms with van der Waals surface area (Å²) in [5.41, 5.74) is 2.65. The molecule has 0 aliphatic carbocycles. The maximum Gasteiger partial charge on any atom is 0.262 e. The molecular formula is C23H19ClN2O2S. The molecule has 0 amide bonds. The Morgan fingerprint density at radius 1 is 1.00 bits per heavy atom. The van der Waals surface area contributed by atoms with Gasteiger partial charge in [0, 0.05) is 10.8 Å². The van der Waals surface area contributed by atoms with Gasteiger partial charge in [-0.1, -0.05) is 65.8 Å². The van der Waals surface area contributed by atoms with Gasteiger partial charge < -0.3 is 4.74 Å². The number of para-hydroxylation sites is 1. The van der Waals surface area contributed by atoms with Gasteiger partial charge in [0.05, 0.1) is 24.6 Å². The fraction of sp³-hybridized carbons (Fsp3) is 0.130. The van der Waals surface area contributed by atoms with Gasteiger partial charge in [-0.15, -0.1) is 0 Å². The Morgan fingerprint density at radius 2 is 1.72 bits per heavy atom. The van der Waals surface area contributed by atoms with Crippen LogP contribution in [0.1, 0.15) is 11.1 Å². The molecule has 4 aromatic rings. The summed E-state index contributed by atoms with van der Waals surface area (Å²) in [6.45, 7) is 0.376. The second-order valence-electron chi connectivity index (χ2n) is 6.53. The summed E-state index contributed by atoms with van der Waals surface area (Å²) < 4.78 is 6.92. The Kier molecular flexibility index (Phi) is 5.88. The van der Waals surface area contributed by atoms with E-state index in [-0.39, 0.29) is 5.56 Å². The molecule has 1 heterocycles. The van der Waals surface area contributed by atoms with Gasteiger partial charge >= 0.3 is 0 Å². The highest BCUT2D eigenvalue weighted by molar-refractivity contribution is 7.98. The molecule has 0 aliphatic heterocycles. The molecule has 0 saturated carbocycles. The van der Waals surface area contributed by atoms with E-state index in [4.69, 9.17) is 21.3 Å². The van der Waals surface area contributed by atoms with Crippen molar-refractivity contribution in [3.8, 4) is 5.75 Å². The molecule has 4 rings (SSSR count). The quantitative estimate of drug-likeness (QED) is 0.308. The van der Waals surface area contributed by atoms with Crippen molar-refractivity contribution >= 4 is 34.3 Å². The summed E-state index contributed by atoms with van der Waals surface area (Å²) in [6.07, 6.45) is 0. The molecule has 0 fully saturated rings. The number of aromatic nitrogens is 2. The zero-order valence-corrected chi connectivity index (χ0v) is 17.4. The van der Waals surface area contributed by atoms with E-state index >= 15 is 0 Å². The second kappa shape index (κ2) is 8.72. The van der Waals surface area contributed by atoms with Gasteiger partial charge in [-0.05, 0) is 41.5 Å². The van der Waals surface area contributed by atoms with Crippen LogP contribution in [0.5, 0.6) is 5.75 Å². The van der Waals surface area contributed by atoms with Crippen LogP contribution in [0.25, 0.3) is 10.9 Å². The van der Waals surface area contributed by atoms with Crippen LogP contribution in [0.4, 0.5) is 0 Å². The molecule has 0 aliphatic rings. The lowest BCUT2D eigenvalue weighted by Gasteiger charge is -2.14. The standard InChI is InChI=1S/C23H19ClN2O2S/c1-28-18-12-10-16(11-13-18)15-29-23-25-21-9-5-3-7-19(21)22(27)26(23)14-17-6-2-4-8-20(17)24/h2-13H,14-15H2,1H3. The normalized spacial score (nSPS) is 11.0. The number of ether oxygens (including phenoxy) is 1. The average molecular weight is 423 g/mol. The van der Waals surface area contributed by atoms with Gasteiger partial charge in [0.25, 0.3) is 5.56 Å². The van der Waals surface area contributed by atoms with Crippen LogP contribution in [0.15, 0.2) is 82.7 Å². The molecule has 0 bridgehead atoms. The van der Waals surface area contributed by atoms with Gasteiger partial charge in [-0.3, -0.25) is 9.36 Å². The largest absolute Gasteiger partial charge is 0.497 e. The van der Waals surface area contributed by atoms with Crippen molar-refractivity contribution in [2.75, 3.05) is 7.11 Å². The highest BCUT2D eigenvalue weighted by Crippen LogP contribution is 2.25. The van der Waals surface area contributed by atoms with Crippen molar-refractivity contribution in [2.24, 2.45) is 0 Å². The van der Waals surface area contributed by atoms with Gasteiger partial charge in [0.1, 0.15) is 5.75 Å². The summed E-state index contributed by atoms with van der Waals surface area (Å²) in [6, 6.07) is 22.9. The second-order valence-corrected chi connectivity index (χ2v) is 7.88. The monoisotopic (exact) mass is 422 g/mol. The Balaban J connectivity index is 1.72. The molecule has 0 N–H and O–H groups in total. The van der Waals surface area contributed by atoms with E-state index in [2.05, 4.69) is 0 Å². The van der Waals surface area contributed by atoms with Crippen LogP contribution < -0.4 is 10.3 Å². The summed E-state index contributed by atoms with van der Waals surface area (Å²) >= 11 is 7.88. The highest BCUT2D eigenvalue weighted by atomic mass is 35.5. The topological polar surface area (TPSA) is 44.1 Å². The minimum atomic E-state index is -0.0623. The van der Waals surface area contributed by atoms with Crippen LogP contribution >= 0.6 is 23.4 Å². The molecule has 0 atom stereocenters. The summed E-state index contributed by atoms with van der Waals surface area (Å²) in [5, 5.41) is 1.91. The molecule has 0 saturated heterocycles. The Labute approximate surface area is 178 Å². The minimum absolute atomic E-state index is 0.0623. The summed E-state index contributed by atoms with van der Waals surface area (Å²) in [4.78, 5) is 18.0. The maximum absolute atomic E-state index is 13.2. The van der Waals surface area contributed by atoms with E-state index in [0.717, 1.165) is 16.9 Å². The van der Waals surface area contributed by atoms with Crippen molar-refractivity contribution in [3.63, 3.8) is 0 Å². The predicted molar refractivity (Wildman–Crippen MR) is 119 cm³/mol. The Bertz CT molecular complexity index is 1210. The molecule has 0 radical (unpaired) electrons. The predicted octanol–water partition coefficient (Wildman–Crippen LogP) is 5.40. The zero-order valence-electron chi connectivity index (χ0n) is 15.8. The van der Waals surface area contributed by atoms with Crippen molar-refractivity contribution in [1.82, 2.24) is 9.55 Å². The molecule has 0 unspecified atom stereocenters. The number of methoxy groups -OCH3 is 1. The Hall–Kier alpha value is -2.76. The van der Waals surface area contributed by atoms with Gasteiger partial charge in [-0.2, -0.15) is 0 Å². The van der Waals surface area contributed by atoms with E-state index < -0.39 is 0 Å². The maximum atomic E-state index is 13.2. The van der Waals surface area contributed by atoms with E-state index in [0.29, 0.717) is 33.4 Å². The first-order chi connectivity index (χ1) is 14.2. The molecule has 6 heteroatoms. The van der Waals surface area contributed by atoms with Crippen molar-refractivity contribution in [1.29, 1.82) is 0 Å². The Morgan fingerprint density at radius 3 is 2.48 bits per heavy atom. The zero-order chi connectivity index (χ0) is 20.2. The van der Waals surface area contributed by atoms with Crippen LogP contribution in [0.3, 0.4) is 0 Å². The first kappa shape index (κ1) is 19.6. The van der Waals surface area contributed by atoms with Gasteiger partial charge in [0.15, 0.2) is 5.16 Å². The first-order valence-corrected chi connectivity index (χ1v) is 10.5.